The summed E-state index contributed by atoms with van der Waals surface area (Å²) in [5.74, 6) is 0. The van der Waals surface area contributed by atoms with Gasteiger partial charge in [-0.1, -0.05) is 6.92 Å². The molecule has 0 amide bonds. The second kappa shape index (κ2) is 8.26. The lowest BCUT2D eigenvalue weighted by atomic mass is 10.1. The van der Waals surface area contributed by atoms with Crippen LogP contribution in [0.4, 0.5) is 13.2 Å². The Bertz CT molecular complexity index is 379. The largest absolute Gasteiger partial charge is 0.411 e. The lowest BCUT2D eigenvalue weighted by molar-refractivity contribution is -0.174. The predicted molar refractivity (Wildman–Crippen MR) is 70.5 cm³/mol. The first-order chi connectivity index (χ1) is 9.40. The molecule has 20 heavy (non-hydrogen) atoms. The van der Waals surface area contributed by atoms with Crippen LogP contribution in [0.2, 0.25) is 0 Å². The summed E-state index contributed by atoms with van der Waals surface area (Å²) in [6.07, 6.45) is 1.70. The number of nitrogens with one attached hydrogen (secondary N) is 1. The van der Waals surface area contributed by atoms with Crippen molar-refractivity contribution in [2.45, 2.75) is 38.4 Å². The van der Waals surface area contributed by atoms with E-state index >= 15 is 0 Å². The van der Waals surface area contributed by atoms with Crippen LogP contribution in [0.5, 0.6) is 0 Å². The van der Waals surface area contributed by atoms with Crippen molar-refractivity contribution in [3.05, 3.63) is 18.0 Å². The third-order valence-electron chi connectivity index (χ3n) is 2.80. The van der Waals surface area contributed by atoms with Crippen LogP contribution in [0.1, 0.15) is 25.3 Å². The van der Waals surface area contributed by atoms with Crippen LogP contribution >= 0.6 is 0 Å². The molecule has 1 rings (SSSR count). The standard InChI is InChI=1S/C13H22F3N3O/c1-3-5-17-12(4-6-20-10-13(14,15)16)7-11-8-18-19(2)9-11/h8-9,12,17H,3-7,10H2,1-2H3. The molecule has 116 valence electrons. The Morgan fingerprint density at radius 2 is 2.20 bits per heavy atom. The van der Waals surface area contributed by atoms with E-state index in [0.717, 1.165) is 24.9 Å². The third-order valence-corrected chi connectivity index (χ3v) is 2.80. The zero-order chi connectivity index (χ0) is 15.0. The molecule has 1 aromatic rings. The molecule has 7 heteroatoms. The van der Waals surface area contributed by atoms with Crippen LogP contribution in [0.25, 0.3) is 0 Å². The first-order valence-corrected chi connectivity index (χ1v) is 6.76. The van der Waals surface area contributed by atoms with Crippen LogP contribution in [0.3, 0.4) is 0 Å². The molecule has 1 aromatic heterocycles. The molecule has 1 atom stereocenters. The fraction of sp³-hybridized carbons (Fsp3) is 0.769. The summed E-state index contributed by atoms with van der Waals surface area (Å²) in [6.45, 7) is 1.81. The highest BCUT2D eigenvalue weighted by atomic mass is 19.4. The Balaban J connectivity index is 2.35. The number of halogens is 3. The monoisotopic (exact) mass is 293 g/mol. The summed E-state index contributed by atoms with van der Waals surface area (Å²) in [4.78, 5) is 0. The van der Waals surface area contributed by atoms with Crippen molar-refractivity contribution < 1.29 is 17.9 Å². The van der Waals surface area contributed by atoms with E-state index in [1.807, 2.05) is 20.2 Å². The topological polar surface area (TPSA) is 39.1 Å². The van der Waals surface area contributed by atoms with Crippen molar-refractivity contribution in [3.8, 4) is 0 Å². The number of alkyl halides is 3. The fourth-order valence-electron chi connectivity index (χ4n) is 1.90. The molecule has 0 fully saturated rings. The number of hydrogen-bond donors (Lipinski definition) is 1. The second-order valence-corrected chi connectivity index (χ2v) is 4.83. The quantitative estimate of drug-likeness (QED) is 0.710. The number of nitrogens with zero attached hydrogens (tertiary/aromatic N) is 2. The molecule has 0 aliphatic rings. The van der Waals surface area contributed by atoms with Gasteiger partial charge < -0.3 is 10.1 Å². The molecule has 0 aliphatic carbocycles. The summed E-state index contributed by atoms with van der Waals surface area (Å²) in [7, 11) is 1.84. The van der Waals surface area contributed by atoms with Gasteiger partial charge in [0.15, 0.2) is 0 Å². The molecule has 1 N–H and O–H groups in total. The van der Waals surface area contributed by atoms with E-state index in [0.29, 0.717) is 6.42 Å². The number of rotatable bonds is 9. The lowest BCUT2D eigenvalue weighted by Gasteiger charge is -2.18. The fourth-order valence-corrected chi connectivity index (χ4v) is 1.90. The highest BCUT2D eigenvalue weighted by Crippen LogP contribution is 2.15. The highest BCUT2D eigenvalue weighted by molar-refractivity contribution is 5.05. The Labute approximate surface area is 117 Å². The minimum Gasteiger partial charge on any atom is -0.372 e. The third kappa shape index (κ3) is 7.49. The van der Waals surface area contributed by atoms with E-state index < -0.39 is 12.8 Å². The van der Waals surface area contributed by atoms with Crippen LogP contribution in [0, 0.1) is 0 Å². The average molecular weight is 293 g/mol. The molecule has 1 unspecified atom stereocenters. The van der Waals surface area contributed by atoms with Gasteiger partial charge in [-0.2, -0.15) is 18.3 Å². The second-order valence-electron chi connectivity index (χ2n) is 4.83. The van der Waals surface area contributed by atoms with Crippen LogP contribution in [0.15, 0.2) is 12.4 Å². The van der Waals surface area contributed by atoms with Gasteiger partial charge in [0.25, 0.3) is 0 Å². The Morgan fingerprint density at radius 1 is 1.45 bits per heavy atom. The first kappa shape index (κ1) is 17.0. The van der Waals surface area contributed by atoms with E-state index in [9.17, 15) is 13.2 Å². The Kier molecular flexibility index (Phi) is 7.01. The van der Waals surface area contributed by atoms with Crippen LogP contribution in [-0.2, 0) is 18.2 Å². The minimum absolute atomic E-state index is 0.0984. The van der Waals surface area contributed by atoms with Gasteiger partial charge in [-0.3, -0.25) is 4.68 Å². The van der Waals surface area contributed by atoms with Gasteiger partial charge in [0.2, 0.25) is 0 Å². The lowest BCUT2D eigenvalue weighted by Crippen LogP contribution is -2.33. The molecule has 0 bridgehead atoms. The van der Waals surface area contributed by atoms with Crippen molar-refractivity contribution >= 4 is 0 Å². The molecule has 0 radical (unpaired) electrons. The summed E-state index contributed by atoms with van der Waals surface area (Å²) in [5.41, 5.74) is 1.07. The average Bonchev–Trinajstić information content (AvgIpc) is 2.75. The molecule has 0 spiro atoms. The number of ether oxygens (including phenoxy) is 1. The molecule has 0 saturated heterocycles. The normalized spacial score (nSPS) is 13.7. The molecule has 0 aliphatic heterocycles. The maximum Gasteiger partial charge on any atom is 0.411 e. The summed E-state index contributed by atoms with van der Waals surface area (Å²) in [6, 6.07) is 0.104. The minimum atomic E-state index is -4.25. The highest BCUT2D eigenvalue weighted by Gasteiger charge is 2.27. The summed E-state index contributed by atoms with van der Waals surface area (Å²) < 4.78 is 42.3. The Hall–Kier alpha value is -1.08. The van der Waals surface area contributed by atoms with Gasteiger partial charge in [0, 0.05) is 25.9 Å². The van der Waals surface area contributed by atoms with Gasteiger partial charge in [-0.15, -0.1) is 0 Å². The zero-order valence-electron chi connectivity index (χ0n) is 11.9. The smallest absolute Gasteiger partial charge is 0.372 e. The van der Waals surface area contributed by atoms with Gasteiger partial charge in [-0.05, 0) is 31.4 Å². The van der Waals surface area contributed by atoms with E-state index in [4.69, 9.17) is 0 Å². The van der Waals surface area contributed by atoms with E-state index in [2.05, 4.69) is 15.2 Å². The maximum absolute atomic E-state index is 12.0. The predicted octanol–water partition coefficient (Wildman–Crippen LogP) is 2.30. The number of aromatic nitrogens is 2. The molecule has 1 heterocycles. The van der Waals surface area contributed by atoms with Crippen LogP contribution in [-0.4, -0.2) is 41.8 Å². The maximum atomic E-state index is 12.0. The van der Waals surface area contributed by atoms with Gasteiger partial charge in [-0.25, -0.2) is 0 Å². The van der Waals surface area contributed by atoms with Gasteiger partial charge >= 0.3 is 6.18 Å². The molecule has 0 aromatic carbocycles. The van der Waals surface area contributed by atoms with Crippen molar-refractivity contribution in [2.75, 3.05) is 19.8 Å². The molecule has 0 saturated carbocycles. The SMILES string of the molecule is CCCNC(CCOCC(F)(F)F)Cc1cnn(C)c1. The first-order valence-electron chi connectivity index (χ1n) is 6.76. The molecular weight excluding hydrogens is 271 g/mol. The Morgan fingerprint density at radius 3 is 2.75 bits per heavy atom. The van der Waals surface area contributed by atoms with E-state index in [-0.39, 0.29) is 12.6 Å². The van der Waals surface area contributed by atoms with Crippen molar-refractivity contribution in [2.24, 2.45) is 7.05 Å². The van der Waals surface area contributed by atoms with Crippen molar-refractivity contribution in [1.29, 1.82) is 0 Å². The van der Waals surface area contributed by atoms with Gasteiger partial charge in [0.1, 0.15) is 6.61 Å². The summed E-state index contributed by atoms with van der Waals surface area (Å²) >= 11 is 0. The van der Waals surface area contributed by atoms with Crippen molar-refractivity contribution in [3.63, 3.8) is 0 Å². The van der Waals surface area contributed by atoms with Gasteiger partial charge in [0.05, 0.1) is 6.20 Å². The molecule has 4 nitrogen and oxygen atoms in total. The van der Waals surface area contributed by atoms with Crippen LogP contribution < -0.4 is 5.32 Å². The number of hydrogen-bond acceptors (Lipinski definition) is 3. The number of aryl methyl sites for hydroxylation is 1. The summed E-state index contributed by atoms with van der Waals surface area (Å²) in [5, 5.41) is 7.41. The zero-order valence-corrected chi connectivity index (χ0v) is 11.9. The van der Waals surface area contributed by atoms with Crippen molar-refractivity contribution in [1.82, 2.24) is 15.1 Å². The molecular formula is C13H22F3N3O. The van der Waals surface area contributed by atoms with E-state index in [1.165, 1.54) is 0 Å². The van der Waals surface area contributed by atoms with E-state index in [1.54, 1.807) is 10.9 Å².